The number of para-hydroxylation sites is 2. The lowest BCUT2D eigenvalue weighted by atomic mass is 10.1. The van der Waals surface area contributed by atoms with E-state index in [4.69, 9.17) is 14.2 Å². The van der Waals surface area contributed by atoms with Crippen LogP contribution >= 0.6 is 11.3 Å². The molecule has 1 aliphatic heterocycles. The van der Waals surface area contributed by atoms with E-state index in [0.29, 0.717) is 33.4 Å². The summed E-state index contributed by atoms with van der Waals surface area (Å²) in [4.78, 5) is 22.1. The minimum Gasteiger partial charge on any atom is -0.493 e. The Labute approximate surface area is 190 Å². The van der Waals surface area contributed by atoms with Crippen molar-refractivity contribution < 1.29 is 23.4 Å². The van der Waals surface area contributed by atoms with E-state index in [1.165, 1.54) is 31.6 Å². The Bertz CT molecular complexity index is 1080. The van der Waals surface area contributed by atoms with Gasteiger partial charge in [0.25, 0.3) is 5.91 Å². The molecule has 0 saturated carbocycles. The second-order valence-corrected chi connectivity index (χ2v) is 8.40. The lowest BCUT2D eigenvalue weighted by Gasteiger charge is -2.28. The van der Waals surface area contributed by atoms with Crippen molar-refractivity contribution in [3.05, 3.63) is 47.8 Å². The average molecular weight is 460 g/mol. The summed E-state index contributed by atoms with van der Waals surface area (Å²) in [5, 5.41) is 0.460. The van der Waals surface area contributed by atoms with Crippen molar-refractivity contribution in [1.29, 1.82) is 0 Å². The topological polar surface area (TPSA) is 64.1 Å². The second-order valence-electron chi connectivity index (χ2n) is 7.39. The standard InChI is InChI=1S/C23H26FN3O4S/c1-29-18-8-3-6-16(21(18)30-2)22(28)27(11-5-10-26-12-14-31-15-13-26)23-25-20-17(24)7-4-9-19(20)32-23/h3-4,6-9H,5,10-15H2,1-2H3. The zero-order chi connectivity index (χ0) is 22.5. The van der Waals surface area contributed by atoms with E-state index in [9.17, 15) is 9.18 Å². The summed E-state index contributed by atoms with van der Waals surface area (Å²) in [6.45, 7) is 4.48. The molecule has 1 fully saturated rings. The Morgan fingerprint density at radius 1 is 1.19 bits per heavy atom. The number of methoxy groups -OCH3 is 2. The molecule has 1 amide bonds. The minimum atomic E-state index is -0.398. The van der Waals surface area contributed by atoms with Gasteiger partial charge in [-0.2, -0.15) is 0 Å². The molecule has 0 atom stereocenters. The molecule has 2 heterocycles. The van der Waals surface area contributed by atoms with Crippen LogP contribution in [0.5, 0.6) is 11.5 Å². The molecule has 3 aromatic rings. The van der Waals surface area contributed by atoms with Crippen molar-refractivity contribution in [2.75, 3.05) is 58.5 Å². The van der Waals surface area contributed by atoms with E-state index in [1.807, 2.05) is 6.07 Å². The highest BCUT2D eigenvalue weighted by Gasteiger charge is 2.26. The number of thiazole rings is 1. The van der Waals surface area contributed by atoms with Crippen LogP contribution in [-0.2, 0) is 4.74 Å². The minimum absolute atomic E-state index is 0.262. The number of carbonyl (C=O) groups excluding carboxylic acids is 1. The molecule has 0 radical (unpaired) electrons. The summed E-state index contributed by atoms with van der Waals surface area (Å²) in [5.41, 5.74) is 0.647. The van der Waals surface area contributed by atoms with E-state index in [-0.39, 0.29) is 11.4 Å². The fraction of sp³-hybridized carbons (Fsp3) is 0.391. The van der Waals surface area contributed by atoms with E-state index in [2.05, 4.69) is 9.88 Å². The molecule has 1 aliphatic rings. The van der Waals surface area contributed by atoms with Gasteiger partial charge in [-0.1, -0.05) is 23.5 Å². The fourth-order valence-corrected chi connectivity index (χ4v) is 4.79. The molecule has 1 saturated heterocycles. The number of carbonyl (C=O) groups is 1. The second kappa shape index (κ2) is 10.2. The van der Waals surface area contributed by atoms with Crippen LogP contribution in [0.3, 0.4) is 0 Å². The molecule has 2 aromatic carbocycles. The zero-order valence-corrected chi connectivity index (χ0v) is 19.0. The Morgan fingerprint density at radius 3 is 2.69 bits per heavy atom. The maximum atomic E-state index is 14.3. The molecule has 4 rings (SSSR count). The first-order chi connectivity index (χ1) is 15.6. The predicted molar refractivity (Wildman–Crippen MR) is 123 cm³/mol. The molecule has 0 N–H and O–H groups in total. The summed E-state index contributed by atoms with van der Waals surface area (Å²) >= 11 is 1.30. The lowest BCUT2D eigenvalue weighted by molar-refractivity contribution is 0.0376. The normalized spacial score (nSPS) is 14.5. The lowest BCUT2D eigenvalue weighted by Crippen LogP contribution is -2.39. The van der Waals surface area contributed by atoms with Crippen LogP contribution in [-0.4, -0.2) is 69.4 Å². The predicted octanol–water partition coefficient (Wildman–Crippen LogP) is 3.82. The van der Waals surface area contributed by atoms with Crippen molar-refractivity contribution in [3.8, 4) is 11.5 Å². The van der Waals surface area contributed by atoms with Crippen LogP contribution in [0.4, 0.5) is 9.52 Å². The van der Waals surface area contributed by atoms with Crippen molar-refractivity contribution in [3.63, 3.8) is 0 Å². The molecule has 0 unspecified atom stereocenters. The van der Waals surface area contributed by atoms with Gasteiger partial charge in [0, 0.05) is 26.2 Å². The highest BCUT2D eigenvalue weighted by molar-refractivity contribution is 7.22. The number of nitrogens with zero attached hydrogens (tertiary/aromatic N) is 3. The van der Waals surface area contributed by atoms with Crippen LogP contribution < -0.4 is 14.4 Å². The van der Waals surface area contributed by atoms with Gasteiger partial charge in [0.2, 0.25) is 0 Å². The van der Waals surface area contributed by atoms with Gasteiger partial charge in [0.1, 0.15) is 11.3 Å². The van der Waals surface area contributed by atoms with Crippen molar-refractivity contribution in [2.45, 2.75) is 6.42 Å². The third-order valence-electron chi connectivity index (χ3n) is 5.43. The van der Waals surface area contributed by atoms with E-state index in [0.717, 1.165) is 39.3 Å². The van der Waals surface area contributed by atoms with E-state index in [1.54, 1.807) is 29.2 Å². The first kappa shape index (κ1) is 22.4. The Kier molecular flexibility index (Phi) is 7.19. The van der Waals surface area contributed by atoms with Gasteiger partial charge in [-0.3, -0.25) is 14.6 Å². The Balaban J connectivity index is 1.65. The largest absolute Gasteiger partial charge is 0.493 e. The quantitative estimate of drug-likeness (QED) is 0.510. The van der Waals surface area contributed by atoms with Crippen LogP contribution in [0, 0.1) is 5.82 Å². The number of ether oxygens (including phenoxy) is 3. The van der Waals surface area contributed by atoms with Gasteiger partial charge in [-0.15, -0.1) is 0 Å². The molecule has 32 heavy (non-hydrogen) atoms. The highest BCUT2D eigenvalue weighted by atomic mass is 32.1. The number of amides is 1. The fourth-order valence-electron chi connectivity index (χ4n) is 3.78. The molecular weight excluding hydrogens is 433 g/mol. The monoisotopic (exact) mass is 459 g/mol. The summed E-state index contributed by atoms with van der Waals surface area (Å²) in [7, 11) is 3.03. The average Bonchev–Trinajstić information content (AvgIpc) is 3.27. The molecular formula is C23H26FN3O4S. The van der Waals surface area contributed by atoms with Gasteiger partial charge < -0.3 is 14.2 Å². The zero-order valence-electron chi connectivity index (χ0n) is 18.2. The SMILES string of the molecule is COc1cccc(C(=O)N(CCCN2CCOCC2)c2nc3c(F)cccc3s2)c1OC. The van der Waals surface area contributed by atoms with Gasteiger partial charge in [0.15, 0.2) is 16.6 Å². The van der Waals surface area contributed by atoms with E-state index < -0.39 is 5.82 Å². The van der Waals surface area contributed by atoms with Crippen LogP contribution in [0.1, 0.15) is 16.8 Å². The first-order valence-corrected chi connectivity index (χ1v) is 11.3. The molecule has 0 spiro atoms. The van der Waals surface area contributed by atoms with Gasteiger partial charge in [0.05, 0.1) is 37.7 Å². The number of benzene rings is 2. The van der Waals surface area contributed by atoms with Crippen LogP contribution in [0.2, 0.25) is 0 Å². The molecule has 1 aromatic heterocycles. The number of fused-ring (bicyclic) bond motifs is 1. The molecule has 9 heteroatoms. The molecule has 170 valence electrons. The van der Waals surface area contributed by atoms with Gasteiger partial charge >= 0.3 is 0 Å². The van der Waals surface area contributed by atoms with Crippen LogP contribution in [0.25, 0.3) is 10.2 Å². The summed E-state index contributed by atoms with van der Waals surface area (Å²) in [6, 6.07) is 10.0. The highest BCUT2D eigenvalue weighted by Crippen LogP contribution is 2.35. The maximum Gasteiger partial charge on any atom is 0.263 e. The maximum absolute atomic E-state index is 14.3. The summed E-state index contributed by atoms with van der Waals surface area (Å²) in [6.07, 6.45) is 0.746. The first-order valence-electron chi connectivity index (χ1n) is 10.5. The molecule has 0 bridgehead atoms. The summed E-state index contributed by atoms with van der Waals surface area (Å²) in [5.74, 6) is 0.180. The third kappa shape index (κ3) is 4.69. The molecule has 0 aliphatic carbocycles. The molecule has 7 nitrogen and oxygen atoms in total. The van der Waals surface area contributed by atoms with Crippen molar-refractivity contribution >= 4 is 32.6 Å². The summed E-state index contributed by atoms with van der Waals surface area (Å²) < 4.78 is 31.2. The smallest absolute Gasteiger partial charge is 0.263 e. The van der Waals surface area contributed by atoms with Crippen LogP contribution in [0.15, 0.2) is 36.4 Å². The number of rotatable bonds is 8. The third-order valence-corrected chi connectivity index (χ3v) is 6.47. The number of halogens is 1. The van der Waals surface area contributed by atoms with Gasteiger partial charge in [-0.05, 0) is 30.7 Å². The number of aromatic nitrogens is 1. The number of hydrogen-bond donors (Lipinski definition) is 0. The van der Waals surface area contributed by atoms with Gasteiger partial charge in [-0.25, -0.2) is 9.37 Å². The Hall–Kier alpha value is -2.75. The number of hydrogen-bond acceptors (Lipinski definition) is 7. The number of anilines is 1. The Morgan fingerprint density at radius 2 is 1.97 bits per heavy atom. The van der Waals surface area contributed by atoms with Crippen molar-refractivity contribution in [2.24, 2.45) is 0 Å². The van der Waals surface area contributed by atoms with Crippen molar-refractivity contribution in [1.82, 2.24) is 9.88 Å². The van der Waals surface area contributed by atoms with E-state index >= 15 is 0 Å². The number of morpholine rings is 1.